The summed E-state index contributed by atoms with van der Waals surface area (Å²) in [5.74, 6) is 0. The second kappa shape index (κ2) is 7.13. The maximum Gasteiger partial charge on any atom is 0.0642 e. The molecule has 0 atom stereocenters. The molecule has 4 heteroatoms. The molecule has 106 valence electrons. The standard InChI is InChI=1S/C15H24ClN3/c1-2-7-18-8-10-19(11-9-18)15-4-3-13(5-6-17)12-14(15)16/h3-4,12H,2,5-11,17H2,1H3. The molecule has 1 aromatic rings. The lowest BCUT2D eigenvalue weighted by Crippen LogP contribution is -2.46. The monoisotopic (exact) mass is 281 g/mol. The molecule has 1 aliphatic heterocycles. The molecule has 0 radical (unpaired) electrons. The Morgan fingerprint density at radius 2 is 1.95 bits per heavy atom. The van der Waals surface area contributed by atoms with Crippen molar-refractivity contribution in [2.75, 3.05) is 44.2 Å². The van der Waals surface area contributed by atoms with Crippen molar-refractivity contribution in [3.63, 3.8) is 0 Å². The third-order valence-electron chi connectivity index (χ3n) is 3.70. The van der Waals surface area contributed by atoms with Gasteiger partial charge in [0.25, 0.3) is 0 Å². The van der Waals surface area contributed by atoms with Crippen molar-refractivity contribution in [2.24, 2.45) is 5.73 Å². The van der Waals surface area contributed by atoms with Crippen LogP contribution in [0.4, 0.5) is 5.69 Å². The lowest BCUT2D eigenvalue weighted by molar-refractivity contribution is 0.258. The highest BCUT2D eigenvalue weighted by Gasteiger charge is 2.18. The van der Waals surface area contributed by atoms with Crippen LogP contribution in [0, 0.1) is 0 Å². The number of rotatable bonds is 5. The topological polar surface area (TPSA) is 32.5 Å². The van der Waals surface area contributed by atoms with Crippen molar-refractivity contribution >= 4 is 17.3 Å². The summed E-state index contributed by atoms with van der Waals surface area (Å²) in [6, 6.07) is 6.34. The van der Waals surface area contributed by atoms with Crippen molar-refractivity contribution in [1.29, 1.82) is 0 Å². The average molecular weight is 282 g/mol. The number of halogens is 1. The fraction of sp³-hybridized carbons (Fsp3) is 0.600. The molecule has 0 aliphatic carbocycles. The van der Waals surface area contributed by atoms with Crippen molar-refractivity contribution in [3.05, 3.63) is 28.8 Å². The van der Waals surface area contributed by atoms with Gasteiger partial charge in [0.05, 0.1) is 10.7 Å². The van der Waals surface area contributed by atoms with Crippen LogP contribution in [-0.2, 0) is 6.42 Å². The summed E-state index contributed by atoms with van der Waals surface area (Å²) in [6.45, 7) is 8.51. The van der Waals surface area contributed by atoms with Gasteiger partial charge in [-0.1, -0.05) is 24.6 Å². The number of piperazine rings is 1. The fourth-order valence-electron chi connectivity index (χ4n) is 2.66. The smallest absolute Gasteiger partial charge is 0.0642 e. The van der Waals surface area contributed by atoms with E-state index in [-0.39, 0.29) is 0 Å². The first kappa shape index (κ1) is 14.6. The van der Waals surface area contributed by atoms with E-state index in [0.29, 0.717) is 6.54 Å². The van der Waals surface area contributed by atoms with Gasteiger partial charge in [-0.25, -0.2) is 0 Å². The summed E-state index contributed by atoms with van der Waals surface area (Å²) in [7, 11) is 0. The minimum absolute atomic E-state index is 0.672. The zero-order chi connectivity index (χ0) is 13.7. The Morgan fingerprint density at radius 3 is 2.53 bits per heavy atom. The number of benzene rings is 1. The molecule has 2 N–H and O–H groups in total. The van der Waals surface area contributed by atoms with E-state index in [0.717, 1.165) is 37.6 Å². The molecule has 1 aromatic carbocycles. The van der Waals surface area contributed by atoms with E-state index in [1.54, 1.807) is 0 Å². The van der Waals surface area contributed by atoms with E-state index in [1.807, 2.05) is 0 Å². The van der Waals surface area contributed by atoms with E-state index < -0.39 is 0 Å². The number of nitrogens with two attached hydrogens (primary N) is 1. The maximum atomic E-state index is 6.40. The molecule has 0 saturated carbocycles. The molecule has 1 aliphatic rings. The van der Waals surface area contributed by atoms with E-state index in [4.69, 9.17) is 17.3 Å². The normalized spacial score (nSPS) is 16.9. The SMILES string of the molecule is CCCN1CCN(c2ccc(CCN)cc2Cl)CC1. The predicted octanol–water partition coefficient (Wildman–Crippen LogP) is 2.37. The second-order valence-corrected chi connectivity index (χ2v) is 5.56. The van der Waals surface area contributed by atoms with Crippen LogP contribution >= 0.6 is 11.6 Å². The molecular weight excluding hydrogens is 258 g/mol. The third-order valence-corrected chi connectivity index (χ3v) is 4.00. The Kier molecular flexibility index (Phi) is 5.49. The zero-order valence-corrected chi connectivity index (χ0v) is 12.5. The first-order valence-corrected chi connectivity index (χ1v) is 7.58. The van der Waals surface area contributed by atoms with Crippen LogP contribution in [-0.4, -0.2) is 44.2 Å². The molecule has 0 amide bonds. The second-order valence-electron chi connectivity index (χ2n) is 5.15. The molecule has 3 nitrogen and oxygen atoms in total. The Hall–Kier alpha value is -0.770. The van der Waals surface area contributed by atoms with Gasteiger partial charge in [-0.2, -0.15) is 0 Å². The molecule has 1 fully saturated rings. The van der Waals surface area contributed by atoms with Gasteiger partial charge in [0.2, 0.25) is 0 Å². The minimum atomic E-state index is 0.672. The highest BCUT2D eigenvalue weighted by molar-refractivity contribution is 6.33. The van der Waals surface area contributed by atoms with Crippen LogP contribution in [0.15, 0.2) is 18.2 Å². The van der Waals surface area contributed by atoms with Gasteiger partial charge >= 0.3 is 0 Å². The van der Waals surface area contributed by atoms with Gasteiger partial charge in [-0.05, 0) is 43.6 Å². The first-order valence-electron chi connectivity index (χ1n) is 7.20. The highest BCUT2D eigenvalue weighted by atomic mass is 35.5. The van der Waals surface area contributed by atoms with Crippen molar-refractivity contribution in [3.8, 4) is 0 Å². The summed E-state index contributed by atoms with van der Waals surface area (Å²) in [5, 5.41) is 0.856. The molecular formula is C15H24ClN3. The molecule has 2 rings (SSSR count). The molecule has 0 aromatic heterocycles. The summed E-state index contributed by atoms with van der Waals surface area (Å²) in [4.78, 5) is 4.91. The number of hydrogen-bond acceptors (Lipinski definition) is 3. The zero-order valence-electron chi connectivity index (χ0n) is 11.7. The Bertz CT molecular complexity index is 400. The largest absolute Gasteiger partial charge is 0.368 e. The van der Waals surface area contributed by atoms with Crippen LogP contribution in [0.5, 0.6) is 0 Å². The van der Waals surface area contributed by atoms with Gasteiger partial charge in [0, 0.05) is 26.2 Å². The molecule has 0 unspecified atom stereocenters. The average Bonchev–Trinajstić information content (AvgIpc) is 2.41. The van der Waals surface area contributed by atoms with Gasteiger partial charge in [-0.15, -0.1) is 0 Å². The van der Waals surface area contributed by atoms with Gasteiger partial charge in [0.15, 0.2) is 0 Å². The minimum Gasteiger partial charge on any atom is -0.368 e. The predicted molar refractivity (Wildman–Crippen MR) is 83.2 cm³/mol. The van der Waals surface area contributed by atoms with E-state index >= 15 is 0 Å². The van der Waals surface area contributed by atoms with E-state index in [9.17, 15) is 0 Å². The molecule has 1 heterocycles. The maximum absolute atomic E-state index is 6.40. The number of hydrogen-bond donors (Lipinski definition) is 1. The van der Waals surface area contributed by atoms with Crippen LogP contribution in [0.25, 0.3) is 0 Å². The number of nitrogens with zero attached hydrogens (tertiary/aromatic N) is 2. The van der Waals surface area contributed by atoms with Crippen molar-refractivity contribution in [2.45, 2.75) is 19.8 Å². The van der Waals surface area contributed by atoms with E-state index in [2.05, 4.69) is 34.9 Å². The first-order chi connectivity index (χ1) is 9.24. The summed E-state index contributed by atoms with van der Waals surface area (Å²) < 4.78 is 0. The van der Waals surface area contributed by atoms with Gasteiger partial charge in [0.1, 0.15) is 0 Å². The van der Waals surface area contributed by atoms with Crippen LogP contribution < -0.4 is 10.6 Å². The highest BCUT2D eigenvalue weighted by Crippen LogP contribution is 2.28. The van der Waals surface area contributed by atoms with Gasteiger partial charge in [-0.3, -0.25) is 4.90 Å². The van der Waals surface area contributed by atoms with Crippen molar-refractivity contribution in [1.82, 2.24) is 4.90 Å². The summed E-state index contributed by atoms with van der Waals surface area (Å²) in [6.07, 6.45) is 2.12. The van der Waals surface area contributed by atoms with Crippen LogP contribution in [0.1, 0.15) is 18.9 Å². The molecule has 19 heavy (non-hydrogen) atoms. The lowest BCUT2D eigenvalue weighted by atomic mass is 10.1. The lowest BCUT2D eigenvalue weighted by Gasteiger charge is -2.36. The van der Waals surface area contributed by atoms with Gasteiger partial charge < -0.3 is 10.6 Å². The number of anilines is 1. The fourth-order valence-corrected chi connectivity index (χ4v) is 2.98. The summed E-state index contributed by atoms with van der Waals surface area (Å²) in [5.41, 5.74) is 7.96. The third kappa shape index (κ3) is 3.85. The van der Waals surface area contributed by atoms with Crippen LogP contribution in [0.2, 0.25) is 5.02 Å². The van der Waals surface area contributed by atoms with Crippen LogP contribution in [0.3, 0.4) is 0 Å². The molecule has 1 saturated heterocycles. The molecule has 0 spiro atoms. The Morgan fingerprint density at radius 1 is 1.21 bits per heavy atom. The van der Waals surface area contributed by atoms with E-state index in [1.165, 1.54) is 24.2 Å². The quantitative estimate of drug-likeness (QED) is 0.899. The Labute approximate surface area is 121 Å². The Balaban J connectivity index is 1.99. The molecule has 0 bridgehead atoms. The summed E-state index contributed by atoms with van der Waals surface area (Å²) >= 11 is 6.40. The van der Waals surface area contributed by atoms with Crippen molar-refractivity contribution < 1.29 is 0 Å².